The van der Waals surface area contributed by atoms with Gasteiger partial charge >= 0.3 is 0 Å². The molecule has 0 bridgehead atoms. The van der Waals surface area contributed by atoms with Gasteiger partial charge in [-0.05, 0) is 27.7 Å². The van der Waals surface area contributed by atoms with Gasteiger partial charge in [0.2, 0.25) is 0 Å². The smallest absolute Gasteiger partial charge is 0.106 e. The molecule has 0 fully saturated rings. The van der Waals surface area contributed by atoms with E-state index in [4.69, 9.17) is 10.5 Å². The molecule has 80 valence electrons. The molecule has 0 aliphatic rings. The number of aromatic amines is 1. The molecule has 1 heterocycles. The minimum Gasteiger partial charge on any atom is -0.364 e. The van der Waals surface area contributed by atoms with Crippen molar-refractivity contribution in [3.05, 3.63) is 18.0 Å². The maximum atomic E-state index is 5.93. The Hall–Kier alpha value is -0.870. The SMILES string of the molecule is CC(C)(C)OC(C)(CN)c1cn[nH]c1. The highest BCUT2D eigenvalue weighted by molar-refractivity contribution is 5.14. The van der Waals surface area contributed by atoms with Crippen LogP contribution in [0.25, 0.3) is 0 Å². The second-order valence-corrected chi connectivity index (χ2v) is 4.64. The van der Waals surface area contributed by atoms with Crippen molar-refractivity contribution in [1.82, 2.24) is 10.2 Å². The number of H-pyrrole nitrogens is 1. The molecule has 4 heteroatoms. The standard InChI is InChI=1S/C10H19N3O/c1-9(2,3)14-10(4,7-11)8-5-12-13-6-8/h5-6H,7,11H2,1-4H3,(H,12,13). The van der Waals surface area contributed by atoms with Crippen LogP contribution in [0.4, 0.5) is 0 Å². The van der Waals surface area contributed by atoms with Crippen molar-refractivity contribution in [3.63, 3.8) is 0 Å². The third-order valence-corrected chi connectivity index (χ3v) is 2.03. The molecule has 0 aliphatic heterocycles. The van der Waals surface area contributed by atoms with Crippen LogP contribution in [0.15, 0.2) is 12.4 Å². The van der Waals surface area contributed by atoms with Crippen molar-refractivity contribution >= 4 is 0 Å². The van der Waals surface area contributed by atoms with Gasteiger partial charge in [-0.2, -0.15) is 5.10 Å². The third-order valence-electron chi connectivity index (χ3n) is 2.03. The molecule has 1 aromatic rings. The van der Waals surface area contributed by atoms with Gasteiger partial charge in [0.25, 0.3) is 0 Å². The lowest BCUT2D eigenvalue weighted by Gasteiger charge is -2.35. The number of aromatic nitrogens is 2. The fraction of sp³-hybridized carbons (Fsp3) is 0.700. The van der Waals surface area contributed by atoms with Gasteiger partial charge < -0.3 is 10.5 Å². The number of rotatable bonds is 3. The first-order chi connectivity index (χ1) is 6.37. The molecule has 1 atom stereocenters. The third kappa shape index (κ3) is 2.56. The molecule has 1 unspecified atom stereocenters. The number of nitrogens with zero attached hydrogens (tertiary/aromatic N) is 1. The van der Waals surface area contributed by atoms with Gasteiger partial charge in [0, 0.05) is 18.3 Å². The Bertz CT molecular complexity index is 276. The van der Waals surface area contributed by atoms with Crippen molar-refractivity contribution in [2.75, 3.05) is 6.54 Å². The average molecular weight is 197 g/mol. The summed E-state index contributed by atoms with van der Waals surface area (Å²) in [6.45, 7) is 8.45. The van der Waals surface area contributed by atoms with Crippen LogP contribution < -0.4 is 5.73 Å². The van der Waals surface area contributed by atoms with E-state index < -0.39 is 5.60 Å². The van der Waals surface area contributed by atoms with E-state index in [1.165, 1.54) is 0 Å². The molecule has 1 rings (SSSR count). The largest absolute Gasteiger partial charge is 0.364 e. The zero-order valence-electron chi connectivity index (χ0n) is 9.29. The van der Waals surface area contributed by atoms with E-state index in [0.717, 1.165) is 5.56 Å². The topological polar surface area (TPSA) is 63.9 Å². The molecule has 4 nitrogen and oxygen atoms in total. The highest BCUT2D eigenvalue weighted by Gasteiger charge is 2.31. The maximum absolute atomic E-state index is 5.93. The van der Waals surface area contributed by atoms with E-state index in [2.05, 4.69) is 10.2 Å². The van der Waals surface area contributed by atoms with Gasteiger partial charge in [0.15, 0.2) is 0 Å². The number of hydrogen-bond donors (Lipinski definition) is 2. The summed E-state index contributed by atoms with van der Waals surface area (Å²) in [6, 6.07) is 0. The summed E-state index contributed by atoms with van der Waals surface area (Å²) in [5.41, 5.74) is 6.04. The van der Waals surface area contributed by atoms with Crippen LogP contribution in [0.5, 0.6) is 0 Å². The molecule has 1 aromatic heterocycles. The minimum absolute atomic E-state index is 0.217. The van der Waals surface area contributed by atoms with E-state index in [9.17, 15) is 0 Å². The van der Waals surface area contributed by atoms with Crippen LogP contribution in [-0.2, 0) is 10.3 Å². The maximum Gasteiger partial charge on any atom is 0.106 e. The first-order valence-corrected chi connectivity index (χ1v) is 4.77. The number of hydrogen-bond acceptors (Lipinski definition) is 3. The summed E-state index contributed by atoms with van der Waals surface area (Å²) < 4.78 is 5.93. The number of nitrogens with one attached hydrogen (secondary N) is 1. The van der Waals surface area contributed by atoms with E-state index in [1.807, 2.05) is 33.9 Å². The lowest BCUT2D eigenvalue weighted by molar-refractivity contribution is -0.122. The fourth-order valence-electron chi connectivity index (χ4n) is 1.43. The molecule has 0 amide bonds. The van der Waals surface area contributed by atoms with Gasteiger partial charge in [0.1, 0.15) is 5.60 Å². The summed E-state index contributed by atoms with van der Waals surface area (Å²) in [7, 11) is 0. The summed E-state index contributed by atoms with van der Waals surface area (Å²) in [6.07, 6.45) is 3.57. The Morgan fingerprint density at radius 2 is 2.07 bits per heavy atom. The van der Waals surface area contributed by atoms with Crippen molar-refractivity contribution in [1.29, 1.82) is 0 Å². The molecule has 0 aromatic carbocycles. The lowest BCUT2D eigenvalue weighted by atomic mass is 9.98. The van der Waals surface area contributed by atoms with Crippen LogP contribution in [0.1, 0.15) is 33.3 Å². The van der Waals surface area contributed by atoms with Crippen molar-refractivity contribution in [2.45, 2.75) is 38.9 Å². The fourth-order valence-corrected chi connectivity index (χ4v) is 1.43. The van der Waals surface area contributed by atoms with Crippen LogP contribution >= 0.6 is 0 Å². The summed E-state index contributed by atoms with van der Waals surface area (Å²) in [5, 5.41) is 6.68. The van der Waals surface area contributed by atoms with Gasteiger partial charge in [-0.3, -0.25) is 5.10 Å². The molecule has 0 spiro atoms. The van der Waals surface area contributed by atoms with Crippen molar-refractivity contribution in [2.24, 2.45) is 5.73 Å². The first-order valence-electron chi connectivity index (χ1n) is 4.77. The quantitative estimate of drug-likeness (QED) is 0.769. The molecule has 0 saturated heterocycles. The van der Waals surface area contributed by atoms with E-state index >= 15 is 0 Å². The van der Waals surface area contributed by atoms with Crippen LogP contribution in [0.2, 0.25) is 0 Å². The van der Waals surface area contributed by atoms with Gasteiger partial charge in [-0.25, -0.2) is 0 Å². The van der Waals surface area contributed by atoms with Gasteiger partial charge in [0.05, 0.1) is 11.8 Å². The van der Waals surface area contributed by atoms with E-state index in [0.29, 0.717) is 6.54 Å². The first kappa shape index (κ1) is 11.2. The minimum atomic E-state index is -0.467. The van der Waals surface area contributed by atoms with Crippen molar-refractivity contribution in [3.8, 4) is 0 Å². The molecular weight excluding hydrogens is 178 g/mol. The molecular formula is C10H19N3O. The van der Waals surface area contributed by atoms with E-state index in [-0.39, 0.29) is 5.60 Å². The molecule has 14 heavy (non-hydrogen) atoms. The number of ether oxygens (including phenoxy) is 1. The lowest BCUT2D eigenvalue weighted by Crippen LogP contribution is -2.40. The summed E-state index contributed by atoms with van der Waals surface area (Å²) >= 11 is 0. The van der Waals surface area contributed by atoms with Crippen molar-refractivity contribution < 1.29 is 4.74 Å². The molecule has 3 N–H and O–H groups in total. The predicted octanol–water partition coefficient (Wildman–Crippen LogP) is 1.40. The van der Waals surface area contributed by atoms with Gasteiger partial charge in [-0.15, -0.1) is 0 Å². The monoisotopic (exact) mass is 197 g/mol. The number of nitrogens with two attached hydrogens (primary N) is 1. The Morgan fingerprint density at radius 1 is 1.43 bits per heavy atom. The Balaban J connectivity index is 2.88. The Labute approximate surface area is 84.8 Å². The molecule has 0 saturated carbocycles. The normalized spacial score (nSPS) is 16.6. The Kier molecular flexibility index (Phi) is 2.97. The molecule has 0 radical (unpaired) electrons. The second kappa shape index (κ2) is 3.71. The van der Waals surface area contributed by atoms with Gasteiger partial charge in [-0.1, -0.05) is 0 Å². The predicted molar refractivity (Wildman–Crippen MR) is 55.8 cm³/mol. The average Bonchev–Trinajstić information content (AvgIpc) is 2.53. The summed E-state index contributed by atoms with van der Waals surface area (Å²) in [4.78, 5) is 0. The zero-order chi connectivity index (χ0) is 10.8. The highest BCUT2D eigenvalue weighted by atomic mass is 16.5. The van der Waals surface area contributed by atoms with Crippen LogP contribution in [0.3, 0.4) is 0 Å². The van der Waals surface area contributed by atoms with Crippen LogP contribution in [-0.4, -0.2) is 22.3 Å². The van der Waals surface area contributed by atoms with Crippen LogP contribution in [0, 0.1) is 0 Å². The molecule has 0 aliphatic carbocycles. The Morgan fingerprint density at radius 3 is 2.43 bits per heavy atom. The second-order valence-electron chi connectivity index (χ2n) is 4.64. The zero-order valence-corrected chi connectivity index (χ0v) is 9.29. The highest BCUT2D eigenvalue weighted by Crippen LogP contribution is 2.28. The summed E-state index contributed by atoms with van der Waals surface area (Å²) in [5.74, 6) is 0. The van der Waals surface area contributed by atoms with E-state index in [1.54, 1.807) is 6.20 Å².